The molecular weight excluding hydrogens is 414 g/mol. The predicted molar refractivity (Wildman–Crippen MR) is 130 cm³/mol. The third-order valence-electron chi connectivity index (χ3n) is 6.68. The van der Waals surface area contributed by atoms with Gasteiger partial charge < -0.3 is 19.1 Å². The number of quaternary nitrogens is 1. The molecule has 33 heavy (non-hydrogen) atoms. The van der Waals surface area contributed by atoms with Crippen molar-refractivity contribution in [3.63, 3.8) is 0 Å². The molecule has 6 heteroatoms. The predicted octanol–water partition coefficient (Wildman–Crippen LogP) is 3.02. The van der Waals surface area contributed by atoms with Crippen LogP contribution in [-0.4, -0.2) is 58.7 Å². The molecule has 3 aromatic carbocycles. The van der Waals surface area contributed by atoms with Gasteiger partial charge in [0.1, 0.15) is 6.04 Å². The van der Waals surface area contributed by atoms with Gasteiger partial charge in [-0.25, -0.2) is 0 Å². The lowest BCUT2D eigenvalue weighted by molar-refractivity contribution is -0.929. The number of nitrogens with zero attached hydrogens (tertiary/aromatic N) is 2. The summed E-state index contributed by atoms with van der Waals surface area (Å²) >= 11 is 0. The van der Waals surface area contributed by atoms with Crippen molar-refractivity contribution in [2.75, 3.05) is 47.5 Å². The van der Waals surface area contributed by atoms with Crippen molar-refractivity contribution < 1.29 is 19.1 Å². The molecule has 170 valence electrons. The van der Waals surface area contributed by atoms with Gasteiger partial charge in [-0.05, 0) is 23.3 Å². The van der Waals surface area contributed by atoms with Gasteiger partial charge in [0.2, 0.25) is 5.75 Å². The molecule has 0 amide bonds. The molecule has 0 spiro atoms. The van der Waals surface area contributed by atoms with Gasteiger partial charge in [0.15, 0.2) is 11.5 Å². The highest BCUT2D eigenvalue weighted by Crippen LogP contribution is 2.41. The smallest absolute Gasteiger partial charge is 0.203 e. The van der Waals surface area contributed by atoms with Crippen LogP contribution < -0.4 is 19.1 Å². The van der Waals surface area contributed by atoms with Crippen LogP contribution in [0.1, 0.15) is 22.7 Å². The first-order chi connectivity index (χ1) is 16.2. The highest BCUT2D eigenvalue weighted by molar-refractivity contribution is 5.82. The first-order valence-corrected chi connectivity index (χ1v) is 11.3. The SMILES string of the molecule is COc1cc(/C=N/N2CC[NH+](C3c4ccccc4-c4ccccc43)CC2)cc(OC)c1OC. The fraction of sp³-hybridized carbons (Fsp3) is 0.296. The summed E-state index contributed by atoms with van der Waals surface area (Å²) in [5.41, 5.74) is 6.57. The molecule has 1 aliphatic carbocycles. The van der Waals surface area contributed by atoms with Gasteiger partial charge in [-0.3, -0.25) is 5.01 Å². The van der Waals surface area contributed by atoms with Crippen LogP contribution in [0.5, 0.6) is 17.2 Å². The minimum absolute atomic E-state index is 0.402. The van der Waals surface area contributed by atoms with E-state index < -0.39 is 0 Å². The van der Waals surface area contributed by atoms with Crippen LogP contribution in [0.4, 0.5) is 0 Å². The second-order valence-corrected chi connectivity index (χ2v) is 8.42. The molecule has 0 unspecified atom stereocenters. The lowest BCUT2D eigenvalue weighted by Crippen LogP contribution is -3.14. The van der Waals surface area contributed by atoms with E-state index in [1.807, 2.05) is 18.3 Å². The van der Waals surface area contributed by atoms with Crippen molar-refractivity contribution >= 4 is 6.21 Å². The summed E-state index contributed by atoms with van der Waals surface area (Å²) in [6, 6.07) is 21.9. The summed E-state index contributed by atoms with van der Waals surface area (Å²) in [7, 11) is 4.86. The number of ether oxygens (including phenoxy) is 3. The van der Waals surface area contributed by atoms with Gasteiger partial charge in [-0.1, -0.05) is 48.5 Å². The molecule has 5 rings (SSSR count). The quantitative estimate of drug-likeness (QED) is 0.594. The van der Waals surface area contributed by atoms with Gasteiger partial charge in [-0.2, -0.15) is 5.10 Å². The van der Waals surface area contributed by atoms with Crippen molar-refractivity contribution in [1.82, 2.24) is 5.01 Å². The molecule has 1 fully saturated rings. The molecule has 1 aliphatic heterocycles. The van der Waals surface area contributed by atoms with Gasteiger partial charge in [0, 0.05) is 16.7 Å². The zero-order chi connectivity index (χ0) is 22.8. The van der Waals surface area contributed by atoms with E-state index in [-0.39, 0.29) is 0 Å². The van der Waals surface area contributed by atoms with Crippen molar-refractivity contribution in [2.24, 2.45) is 5.10 Å². The Kier molecular flexibility index (Phi) is 5.92. The van der Waals surface area contributed by atoms with Crippen molar-refractivity contribution in [3.05, 3.63) is 77.4 Å². The van der Waals surface area contributed by atoms with Crippen LogP contribution in [0, 0.1) is 0 Å². The van der Waals surface area contributed by atoms with E-state index >= 15 is 0 Å². The Morgan fingerprint density at radius 2 is 1.36 bits per heavy atom. The fourth-order valence-corrected chi connectivity index (χ4v) is 5.11. The minimum Gasteiger partial charge on any atom is -0.493 e. The van der Waals surface area contributed by atoms with E-state index in [1.165, 1.54) is 22.3 Å². The van der Waals surface area contributed by atoms with Gasteiger partial charge in [0.25, 0.3) is 0 Å². The van der Waals surface area contributed by atoms with Crippen LogP contribution >= 0.6 is 0 Å². The summed E-state index contributed by atoms with van der Waals surface area (Å²) in [5.74, 6) is 1.85. The van der Waals surface area contributed by atoms with Crippen LogP contribution in [0.2, 0.25) is 0 Å². The molecular formula is C27H30N3O3+. The van der Waals surface area contributed by atoms with E-state index in [0.717, 1.165) is 31.7 Å². The van der Waals surface area contributed by atoms with Crippen molar-refractivity contribution in [1.29, 1.82) is 0 Å². The maximum absolute atomic E-state index is 5.46. The van der Waals surface area contributed by atoms with Crippen molar-refractivity contribution in [2.45, 2.75) is 6.04 Å². The van der Waals surface area contributed by atoms with Crippen LogP contribution in [0.25, 0.3) is 11.1 Å². The molecule has 1 N–H and O–H groups in total. The second kappa shape index (κ2) is 9.16. The number of benzene rings is 3. The topological polar surface area (TPSA) is 47.7 Å². The highest BCUT2D eigenvalue weighted by atomic mass is 16.5. The molecule has 0 aromatic heterocycles. The molecule has 0 saturated carbocycles. The molecule has 2 aliphatic rings. The van der Waals surface area contributed by atoms with E-state index in [9.17, 15) is 0 Å². The largest absolute Gasteiger partial charge is 0.493 e. The first kappa shape index (κ1) is 21.3. The standard InChI is InChI=1S/C27H29N3O3/c1-31-24-16-19(17-25(32-2)27(24)33-3)18-28-30-14-12-29(13-15-30)26-22-10-6-4-8-20(22)21-9-5-7-11-23(21)26/h4-11,16-18,26H,12-15H2,1-3H3/p+1/b28-18+. The normalized spacial score (nSPS) is 16.0. The summed E-state index contributed by atoms with van der Waals surface area (Å²) < 4.78 is 16.3. The number of piperazine rings is 1. The first-order valence-electron chi connectivity index (χ1n) is 11.3. The molecule has 1 saturated heterocycles. The van der Waals surface area contributed by atoms with E-state index in [0.29, 0.717) is 23.3 Å². The Morgan fingerprint density at radius 3 is 1.88 bits per heavy atom. The Balaban J connectivity index is 1.30. The lowest BCUT2D eigenvalue weighted by Gasteiger charge is -2.34. The van der Waals surface area contributed by atoms with Crippen LogP contribution in [0.3, 0.4) is 0 Å². The molecule has 6 nitrogen and oxygen atoms in total. The average molecular weight is 445 g/mol. The molecule has 1 heterocycles. The summed E-state index contributed by atoms with van der Waals surface area (Å²) in [6.07, 6.45) is 1.87. The van der Waals surface area contributed by atoms with Gasteiger partial charge >= 0.3 is 0 Å². The van der Waals surface area contributed by atoms with Crippen LogP contribution in [-0.2, 0) is 0 Å². The molecule has 3 aromatic rings. The number of hydrogen-bond donors (Lipinski definition) is 1. The lowest BCUT2D eigenvalue weighted by atomic mass is 10.0. The maximum atomic E-state index is 5.46. The molecule has 0 bridgehead atoms. The zero-order valence-electron chi connectivity index (χ0n) is 19.4. The molecule has 0 radical (unpaired) electrons. The van der Waals surface area contributed by atoms with Gasteiger partial charge in [-0.15, -0.1) is 0 Å². The Morgan fingerprint density at radius 1 is 0.818 bits per heavy atom. The van der Waals surface area contributed by atoms with Crippen molar-refractivity contribution in [3.8, 4) is 28.4 Å². The zero-order valence-corrected chi connectivity index (χ0v) is 19.4. The third kappa shape index (κ3) is 3.91. The summed E-state index contributed by atoms with van der Waals surface area (Å²) in [5, 5.41) is 6.90. The molecule has 0 atom stereocenters. The Hall–Kier alpha value is -3.51. The number of methoxy groups -OCH3 is 3. The van der Waals surface area contributed by atoms with Gasteiger partial charge in [0.05, 0.1) is 53.7 Å². The van der Waals surface area contributed by atoms with E-state index in [2.05, 4.69) is 53.5 Å². The third-order valence-corrected chi connectivity index (χ3v) is 6.68. The number of hydrogen-bond acceptors (Lipinski definition) is 5. The van der Waals surface area contributed by atoms with E-state index in [4.69, 9.17) is 19.3 Å². The maximum Gasteiger partial charge on any atom is 0.203 e. The summed E-state index contributed by atoms with van der Waals surface area (Å²) in [4.78, 5) is 1.60. The minimum atomic E-state index is 0.402. The second-order valence-electron chi connectivity index (χ2n) is 8.42. The van der Waals surface area contributed by atoms with Crippen LogP contribution in [0.15, 0.2) is 65.8 Å². The number of rotatable bonds is 6. The number of hydrazone groups is 1. The monoisotopic (exact) mass is 444 g/mol. The Labute approximate surface area is 195 Å². The average Bonchev–Trinajstić information content (AvgIpc) is 3.21. The number of fused-ring (bicyclic) bond motifs is 3. The highest BCUT2D eigenvalue weighted by Gasteiger charge is 2.37. The number of nitrogens with one attached hydrogen (secondary N) is 1. The van der Waals surface area contributed by atoms with E-state index in [1.54, 1.807) is 26.2 Å². The summed E-state index contributed by atoms with van der Waals surface area (Å²) in [6.45, 7) is 3.91. The Bertz CT molecular complexity index is 1100. The fourth-order valence-electron chi connectivity index (χ4n) is 5.11.